The molecule has 236 valence electrons. The van der Waals surface area contributed by atoms with Crippen LogP contribution in [-0.2, 0) is 32.6 Å². The summed E-state index contributed by atoms with van der Waals surface area (Å²) in [5, 5.41) is 2.58. The summed E-state index contributed by atoms with van der Waals surface area (Å²) < 4.78 is 57.9. The van der Waals surface area contributed by atoms with Gasteiger partial charge in [0, 0.05) is 24.6 Å². The second-order valence-electron chi connectivity index (χ2n) is 10.6. The highest BCUT2D eigenvalue weighted by atomic mass is 35.5. The van der Waals surface area contributed by atoms with Crippen LogP contribution in [0.5, 0.6) is 0 Å². The first kappa shape index (κ1) is 33.6. The number of halogens is 3. The predicted octanol–water partition coefficient (Wildman–Crippen LogP) is 6.37. The fourth-order valence-corrected chi connectivity index (χ4v) is 6.30. The first-order chi connectivity index (χ1) is 21.5. The van der Waals surface area contributed by atoms with E-state index >= 15 is 0 Å². The Kier molecular flexibility index (Phi) is 11.3. The summed E-state index contributed by atoms with van der Waals surface area (Å²) in [6.07, 6.45) is 0.705. The molecular formula is C34H34ClF2N3O4S. The minimum Gasteiger partial charge on any atom is -0.352 e. The third-order valence-electron chi connectivity index (χ3n) is 7.37. The Balaban J connectivity index is 1.83. The maximum atomic E-state index is 15.0. The van der Waals surface area contributed by atoms with Gasteiger partial charge in [0.05, 0.1) is 15.6 Å². The monoisotopic (exact) mass is 653 g/mol. The lowest BCUT2D eigenvalue weighted by atomic mass is 10.0. The van der Waals surface area contributed by atoms with E-state index in [-0.39, 0.29) is 40.2 Å². The molecule has 0 aromatic heterocycles. The largest absolute Gasteiger partial charge is 0.352 e. The van der Waals surface area contributed by atoms with E-state index in [2.05, 4.69) is 5.32 Å². The van der Waals surface area contributed by atoms with E-state index in [9.17, 15) is 26.8 Å². The first-order valence-corrected chi connectivity index (χ1v) is 16.2. The smallest absolute Gasteiger partial charge is 0.264 e. The molecule has 0 unspecified atom stereocenters. The van der Waals surface area contributed by atoms with Crippen molar-refractivity contribution in [3.63, 3.8) is 0 Å². The second-order valence-corrected chi connectivity index (χ2v) is 12.8. The molecule has 0 bridgehead atoms. The van der Waals surface area contributed by atoms with Crippen LogP contribution in [0.2, 0.25) is 5.02 Å². The molecule has 7 nitrogen and oxygen atoms in total. The molecule has 2 atom stereocenters. The van der Waals surface area contributed by atoms with Gasteiger partial charge in [-0.25, -0.2) is 17.2 Å². The first-order valence-electron chi connectivity index (χ1n) is 14.4. The van der Waals surface area contributed by atoms with Gasteiger partial charge in [0.1, 0.15) is 24.2 Å². The van der Waals surface area contributed by atoms with Crippen LogP contribution in [0.1, 0.15) is 31.4 Å². The fraction of sp³-hybridized carbons (Fsp3) is 0.235. The van der Waals surface area contributed by atoms with Crippen molar-refractivity contribution in [1.29, 1.82) is 0 Å². The number of carbonyl (C=O) groups excluding carboxylic acids is 2. The number of hydrogen-bond donors (Lipinski definition) is 1. The summed E-state index contributed by atoms with van der Waals surface area (Å²) in [6, 6.07) is 24.3. The average molecular weight is 654 g/mol. The van der Waals surface area contributed by atoms with Gasteiger partial charge in [0.25, 0.3) is 10.0 Å². The molecule has 4 rings (SSSR count). The van der Waals surface area contributed by atoms with Crippen molar-refractivity contribution in [3.05, 3.63) is 131 Å². The van der Waals surface area contributed by atoms with E-state index in [0.717, 1.165) is 22.0 Å². The summed E-state index contributed by atoms with van der Waals surface area (Å²) in [6.45, 7) is 2.63. The van der Waals surface area contributed by atoms with Crippen LogP contribution in [0.15, 0.2) is 108 Å². The van der Waals surface area contributed by atoms with Crippen LogP contribution < -0.4 is 9.62 Å². The molecule has 0 aliphatic carbocycles. The Morgan fingerprint density at radius 2 is 1.49 bits per heavy atom. The lowest BCUT2D eigenvalue weighted by Gasteiger charge is -2.34. The van der Waals surface area contributed by atoms with Crippen LogP contribution in [-0.4, -0.2) is 43.8 Å². The van der Waals surface area contributed by atoms with Crippen molar-refractivity contribution in [2.75, 3.05) is 10.8 Å². The van der Waals surface area contributed by atoms with Gasteiger partial charge in [-0.05, 0) is 55.3 Å². The molecule has 0 heterocycles. The maximum absolute atomic E-state index is 15.0. The zero-order valence-electron chi connectivity index (χ0n) is 24.9. The van der Waals surface area contributed by atoms with Crippen molar-refractivity contribution < 1.29 is 26.8 Å². The topological polar surface area (TPSA) is 86.8 Å². The summed E-state index contributed by atoms with van der Waals surface area (Å²) in [5.74, 6) is -2.61. The number of amides is 2. The number of nitrogens with zero attached hydrogens (tertiary/aromatic N) is 2. The molecular weight excluding hydrogens is 620 g/mol. The van der Waals surface area contributed by atoms with Gasteiger partial charge in [-0.3, -0.25) is 13.9 Å². The molecule has 2 amide bonds. The minimum atomic E-state index is -4.39. The zero-order chi connectivity index (χ0) is 32.6. The van der Waals surface area contributed by atoms with E-state index in [1.165, 1.54) is 53.4 Å². The lowest BCUT2D eigenvalue weighted by Crippen LogP contribution is -2.54. The van der Waals surface area contributed by atoms with Crippen LogP contribution in [0.25, 0.3) is 0 Å². The van der Waals surface area contributed by atoms with E-state index in [1.807, 2.05) is 32.0 Å². The standard InChI is InChI=1S/C34H34ClF2N3O4S/c1-3-24(2)38-34(42)32(20-25-12-6-4-7-13-25)39(22-26-14-10-11-17-30(26)36)33(41)23-40(27-18-19-31(37)29(35)21-27)45(43,44)28-15-8-5-9-16-28/h4-19,21,24,32H,3,20,22-23H2,1-2H3,(H,38,42)/t24-,32-/m0/s1. The molecule has 0 spiro atoms. The quantitative estimate of drug-likeness (QED) is 0.182. The minimum absolute atomic E-state index is 0.0619. The van der Waals surface area contributed by atoms with Gasteiger partial charge < -0.3 is 10.2 Å². The third kappa shape index (κ3) is 8.46. The molecule has 4 aromatic carbocycles. The van der Waals surface area contributed by atoms with E-state index < -0.39 is 46.1 Å². The second kappa shape index (κ2) is 15.1. The highest BCUT2D eigenvalue weighted by Crippen LogP contribution is 2.28. The Labute approximate surface area is 267 Å². The van der Waals surface area contributed by atoms with E-state index in [1.54, 1.807) is 24.3 Å². The average Bonchev–Trinajstić information content (AvgIpc) is 3.04. The molecule has 11 heteroatoms. The normalized spacial score (nSPS) is 12.6. The number of hydrogen-bond acceptors (Lipinski definition) is 4. The van der Waals surface area contributed by atoms with E-state index in [0.29, 0.717) is 6.42 Å². The van der Waals surface area contributed by atoms with Crippen LogP contribution in [0.3, 0.4) is 0 Å². The number of nitrogens with one attached hydrogen (secondary N) is 1. The highest BCUT2D eigenvalue weighted by Gasteiger charge is 2.35. The summed E-state index contributed by atoms with van der Waals surface area (Å²) >= 11 is 6.04. The fourth-order valence-electron chi connectivity index (χ4n) is 4.69. The van der Waals surface area contributed by atoms with Gasteiger partial charge in [-0.2, -0.15) is 0 Å². The Morgan fingerprint density at radius 3 is 2.11 bits per heavy atom. The van der Waals surface area contributed by atoms with Gasteiger partial charge in [0.2, 0.25) is 11.8 Å². The molecule has 4 aromatic rings. The Morgan fingerprint density at radius 1 is 0.867 bits per heavy atom. The summed E-state index contributed by atoms with van der Waals surface area (Å²) in [7, 11) is -4.39. The molecule has 0 saturated carbocycles. The van der Waals surface area contributed by atoms with Crippen LogP contribution >= 0.6 is 11.6 Å². The van der Waals surface area contributed by atoms with Crippen LogP contribution in [0, 0.1) is 11.6 Å². The third-order valence-corrected chi connectivity index (χ3v) is 9.45. The molecule has 0 saturated heterocycles. The van der Waals surface area contributed by atoms with Crippen molar-refractivity contribution in [1.82, 2.24) is 10.2 Å². The lowest BCUT2D eigenvalue weighted by molar-refractivity contribution is -0.140. The van der Waals surface area contributed by atoms with Crippen molar-refractivity contribution in [3.8, 4) is 0 Å². The summed E-state index contributed by atoms with van der Waals surface area (Å²) in [5.41, 5.74) is 0.822. The van der Waals surface area contributed by atoms with Crippen molar-refractivity contribution in [2.45, 2.75) is 50.2 Å². The van der Waals surface area contributed by atoms with Crippen molar-refractivity contribution >= 4 is 39.1 Å². The highest BCUT2D eigenvalue weighted by molar-refractivity contribution is 7.92. The molecule has 45 heavy (non-hydrogen) atoms. The van der Waals surface area contributed by atoms with E-state index in [4.69, 9.17) is 11.6 Å². The maximum Gasteiger partial charge on any atom is 0.264 e. The number of sulfonamides is 1. The summed E-state index contributed by atoms with van der Waals surface area (Å²) in [4.78, 5) is 29.3. The molecule has 0 aliphatic rings. The number of rotatable bonds is 13. The van der Waals surface area contributed by atoms with Gasteiger partial charge in [0.15, 0.2) is 0 Å². The number of anilines is 1. The van der Waals surface area contributed by atoms with Crippen molar-refractivity contribution in [2.24, 2.45) is 0 Å². The predicted molar refractivity (Wildman–Crippen MR) is 171 cm³/mol. The SMILES string of the molecule is CC[C@H](C)NC(=O)[C@H](Cc1ccccc1)N(Cc1ccccc1F)C(=O)CN(c1ccc(F)c(Cl)c1)S(=O)(=O)c1ccccc1. The van der Waals surface area contributed by atoms with Gasteiger partial charge in [-0.15, -0.1) is 0 Å². The van der Waals surface area contributed by atoms with Crippen LogP contribution in [0.4, 0.5) is 14.5 Å². The molecule has 0 radical (unpaired) electrons. The molecule has 0 aliphatic heterocycles. The van der Waals surface area contributed by atoms with Gasteiger partial charge >= 0.3 is 0 Å². The Bertz CT molecular complexity index is 1730. The Hall–Kier alpha value is -4.28. The van der Waals surface area contributed by atoms with Gasteiger partial charge in [-0.1, -0.05) is 85.3 Å². The molecule has 1 N–H and O–H groups in total. The zero-order valence-corrected chi connectivity index (χ0v) is 26.4. The number of benzene rings is 4. The molecule has 0 fully saturated rings. The number of carbonyl (C=O) groups is 2.